The van der Waals surface area contributed by atoms with Gasteiger partial charge in [-0.05, 0) is 37.6 Å². The van der Waals surface area contributed by atoms with Crippen LogP contribution in [0.4, 0.5) is 10.5 Å². The highest BCUT2D eigenvalue weighted by Gasteiger charge is 2.31. The molecule has 29 heavy (non-hydrogen) atoms. The van der Waals surface area contributed by atoms with Crippen molar-refractivity contribution in [2.45, 2.75) is 32.4 Å². The first kappa shape index (κ1) is 21.1. The maximum atomic E-state index is 12.4. The highest BCUT2D eigenvalue weighted by Crippen LogP contribution is 2.21. The van der Waals surface area contributed by atoms with Crippen molar-refractivity contribution in [3.05, 3.63) is 54.4 Å². The van der Waals surface area contributed by atoms with Crippen molar-refractivity contribution >= 4 is 11.7 Å². The topological polar surface area (TPSA) is 75.7 Å². The van der Waals surface area contributed by atoms with Crippen LogP contribution in [-0.4, -0.2) is 54.3 Å². The van der Waals surface area contributed by atoms with Gasteiger partial charge in [0.05, 0.1) is 18.9 Å². The maximum Gasteiger partial charge on any atom is 0.319 e. The molecule has 0 spiro atoms. The molecular formula is C22H30N4O3. The Kier molecular flexibility index (Phi) is 7.43. The number of anilines is 1. The van der Waals surface area contributed by atoms with Crippen LogP contribution < -0.4 is 15.4 Å². The van der Waals surface area contributed by atoms with Crippen molar-refractivity contribution < 1.29 is 14.3 Å². The first-order valence-electron chi connectivity index (χ1n) is 10.1. The number of carbonyl (C=O) groups is 1. The Bertz CT molecular complexity index is 781. The highest BCUT2D eigenvalue weighted by molar-refractivity contribution is 5.89. The average Bonchev–Trinajstić information content (AvgIpc) is 2.78. The quantitative estimate of drug-likeness (QED) is 0.714. The van der Waals surface area contributed by atoms with E-state index in [1.54, 1.807) is 6.20 Å². The normalized spacial score (nSPS) is 16.6. The van der Waals surface area contributed by atoms with E-state index in [1.165, 1.54) is 0 Å². The largest absolute Gasteiger partial charge is 0.487 e. The van der Waals surface area contributed by atoms with E-state index in [0.717, 1.165) is 38.4 Å². The molecule has 1 atom stereocenters. The molecular weight excluding hydrogens is 368 g/mol. The molecule has 0 radical (unpaired) electrons. The fraction of sp³-hybridized carbons (Fsp3) is 0.455. The molecule has 1 fully saturated rings. The summed E-state index contributed by atoms with van der Waals surface area (Å²) in [5.74, 6) is 0.681. The fourth-order valence-corrected chi connectivity index (χ4v) is 3.31. The summed E-state index contributed by atoms with van der Waals surface area (Å²) in [6.45, 7) is 8.56. The minimum Gasteiger partial charge on any atom is -0.487 e. The molecule has 1 saturated heterocycles. The lowest BCUT2D eigenvalue weighted by molar-refractivity contribution is -0.0163. The molecule has 1 aromatic carbocycles. The molecule has 2 N–H and O–H groups in total. The second kappa shape index (κ2) is 10.2. The molecule has 0 aliphatic carbocycles. The first-order valence-corrected chi connectivity index (χ1v) is 10.1. The molecule has 1 aromatic heterocycles. The van der Waals surface area contributed by atoms with Gasteiger partial charge in [-0.3, -0.25) is 9.88 Å². The number of aromatic nitrogens is 1. The van der Waals surface area contributed by atoms with E-state index in [0.29, 0.717) is 24.6 Å². The molecule has 2 amide bonds. The van der Waals surface area contributed by atoms with E-state index in [-0.39, 0.29) is 11.6 Å². The SMILES string of the molecule is CCC(C)(CNC(=O)Nc1cccc(OCc2ccccn2)c1)N1CCOCC1. The van der Waals surface area contributed by atoms with Crippen LogP contribution in [0.5, 0.6) is 5.75 Å². The molecule has 7 heteroatoms. The Morgan fingerprint density at radius 2 is 2.07 bits per heavy atom. The van der Waals surface area contributed by atoms with Crippen molar-refractivity contribution in [3.8, 4) is 5.75 Å². The minimum atomic E-state index is -0.222. The van der Waals surface area contributed by atoms with Gasteiger partial charge in [-0.25, -0.2) is 4.79 Å². The Morgan fingerprint density at radius 3 is 2.79 bits per heavy atom. The molecule has 2 heterocycles. The number of ether oxygens (including phenoxy) is 2. The van der Waals surface area contributed by atoms with Crippen LogP contribution in [0, 0.1) is 0 Å². The molecule has 7 nitrogen and oxygen atoms in total. The van der Waals surface area contributed by atoms with Gasteiger partial charge < -0.3 is 20.1 Å². The molecule has 156 valence electrons. The van der Waals surface area contributed by atoms with Crippen LogP contribution in [0.15, 0.2) is 48.7 Å². The van der Waals surface area contributed by atoms with Gasteiger partial charge in [0.25, 0.3) is 0 Å². The molecule has 1 aliphatic rings. The summed E-state index contributed by atoms with van der Waals surface area (Å²) in [4.78, 5) is 19.1. The highest BCUT2D eigenvalue weighted by atomic mass is 16.5. The summed E-state index contributed by atoms with van der Waals surface area (Å²) in [7, 11) is 0. The van der Waals surface area contributed by atoms with Gasteiger partial charge in [0, 0.05) is 43.1 Å². The van der Waals surface area contributed by atoms with E-state index in [4.69, 9.17) is 9.47 Å². The summed E-state index contributed by atoms with van der Waals surface area (Å²) in [5, 5.41) is 5.91. The number of benzene rings is 1. The zero-order valence-electron chi connectivity index (χ0n) is 17.2. The third-order valence-corrected chi connectivity index (χ3v) is 5.37. The number of pyridine rings is 1. The van der Waals surface area contributed by atoms with Crippen molar-refractivity contribution in [2.75, 3.05) is 38.2 Å². The number of morpholine rings is 1. The zero-order valence-corrected chi connectivity index (χ0v) is 17.2. The Labute approximate surface area is 172 Å². The van der Waals surface area contributed by atoms with E-state index >= 15 is 0 Å². The lowest BCUT2D eigenvalue weighted by Crippen LogP contribution is -2.57. The van der Waals surface area contributed by atoms with E-state index < -0.39 is 0 Å². The van der Waals surface area contributed by atoms with Crippen molar-refractivity contribution in [2.24, 2.45) is 0 Å². The third kappa shape index (κ3) is 6.17. The number of carbonyl (C=O) groups excluding carboxylic acids is 1. The van der Waals surface area contributed by atoms with Crippen molar-refractivity contribution in [3.63, 3.8) is 0 Å². The van der Waals surface area contributed by atoms with Crippen LogP contribution in [-0.2, 0) is 11.3 Å². The Balaban J connectivity index is 1.50. The molecule has 0 bridgehead atoms. The minimum absolute atomic E-state index is 0.0885. The van der Waals surface area contributed by atoms with Gasteiger partial charge in [-0.1, -0.05) is 19.1 Å². The molecule has 3 rings (SSSR count). The van der Waals surface area contributed by atoms with Crippen molar-refractivity contribution in [1.82, 2.24) is 15.2 Å². The summed E-state index contributed by atoms with van der Waals surface area (Å²) in [5.41, 5.74) is 1.45. The average molecular weight is 399 g/mol. The molecule has 1 unspecified atom stereocenters. The van der Waals surface area contributed by atoms with Crippen LogP contribution in [0.2, 0.25) is 0 Å². The summed E-state index contributed by atoms with van der Waals surface area (Å²) < 4.78 is 11.2. The lowest BCUT2D eigenvalue weighted by atomic mass is 9.95. The van der Waals surface area contributed by atoms with Gasteiger partial charge in [0.1, 0.15) is 12.4 Å². The van der Waals surface area contributed by atoms with Gasteiger partial charge in [0.2, 0.25) is 0 Å². The smallest absolute Gasteiger partial charge is 0.319 e. The number of nitrogens with one attached hydrogen (secondary N) is 2. The Morgan fingerprint density at radius 1 is 1.24 bits per heavy atom. The van der Waals surface area contributed by atoms with Gasteiger partial charge in [0.15, 0.2) is 0 Å². The number of rotatable bonds is 8. The number of urea groups is 1. The molecule has 2 aromatic rings. The van der Waals surface area contributed by atoms with Crippen LogP contribution >= 0.6 is 0 Å². The van der Waals surface area contributed by atoms with Gasteiger partial charge >= 0.3 is 6.03 Å². The maximum absolute atomic E-state index is 12.4. The van der Waals surface area contributed by atoms with Crippen LogP contribution in [0.1, 0.15) is 26.0 Å². The second-order valence-corrected chi connectivity index (χ2v) is 7.40. The predicted molar refractivity (Wildman–Crippen MR) is 113 cm³/mol. The second-order valence-electron chi connectivity index (χ2n) is 7.40. The number of hydrogen-bond acceptors (Lipinski definition) is 5. The summed E-state index contributed by atoms with van der Waals surface area (Å²) >= 11 is 0. The van der Waals surface area contributed by atoms with E-state index in [1.807, 2.05) is 42.5 Å². The monoisotopic (exact) mass is 398 g/mol. The van der Waals surface area contributed by atoms with Gasteiger partial charge in [-0.2, -0.15) is 0 Å². The fourth-order valence-electron chi connectivity index (χ4n) is 3.31. The zero-order chi connectivity index (χ0) is 20.5. The summed E-state index contributed by atoms with van der Waals surface area (Å²) in [6, 6.07) is 12.8. The number of hydrogen-bond donors (Lipinski definition) is 2. The third-order valence-electron chi connectivity index (χ3n) is 5.37. The van der Waals surface area contributed by atoms with Crippen LogP contribution in [0.25, 0.3) is 0 Å². The first-order chi connectivity index (χ1) is 14.1. The standard InChI is InChI=1S/C22H30N4O3/c1-3-22(2,26-11-13-28-14-12-26)17-24-21(27)25-18-8-6-9-20(15-18)29-16-19-7-4-5-10-23-19/h4-10,15H,3,11-14,16-17H2,1-2H3,(H2,24,25,27). The Hall–Kier alpha value is -2.64. The summed E-state index contributed by atoms with van der Waals surface area (Å²) in [6.07, 6.45) is 2.69. The molecule has 0 saturated carbocycles. The number of nitrogens with zero attached hydrogens (tertiary/aromatic N) is 2. The number of amides is 2. The van der Waals surface area contributed by atoms with Crippen molar-refractivity contribution in [1.29, 1.82) is 0 Å². The van der Waals surface area contributed by atoms with E-state index in [2.05, 4.69) is 34.4 Å². The predicted octanol–water partition coefficient (Wildman–Crippen LogP) is 3.28. The lowest BCUT2D eigenvalue weighted by Gasteiger charge is -2.43. The van der Waals surface area contributed by atoms with Gasteiger partial charge in [-0.15, -0.1) is 0 Å². The van der Waals surface area contributed by atoms with E-state index in [9.17, 15) is 4.79 Å². The van der Waals surface area contributed by atoms with Crippen LogP contribution in [0.3, 0.4) is 0 Å². The molecule has 1 aliphatic heterocycles.